The summed E-state index contributed by atoms with van der Waals surface area (Å²) in [6, 6.07) is 15.8. The second kappa shape index (κ2) is 14.0. The fourth-order valence-electron chi connectivity index (χ4n) is 4.32. The van der Waals surface area contributed by atoms with E-state index in [0.29, 0.717) is 10.8 Å². The molecule has 2 aromatic carbocycles. The first-order chi connectivity index (χ1) is 20.1. The number of ether oxygens (including phenoxy) is 2. The normalized spacial score (nSPS) is 14.3. The Morgan fingerprint density at radius 2 is 1.60 bits per heavy atom. The Morgan fingerprint density at radius 1 is 1.00 bits per heavy atom. The molecule has 1 heterocycles. The highest BCUT2D eigenvalue weighted by atomic mass is 33.1. The number of fused-ring (bicyclic) bond motifs is 3. The minimum absolute atomic E-state index is 0.00619. The molecule has 0 aromatic heterocycles. The number of imide groups is 1. The van der Waals surface area contributed by atoms with Gasteiger partial charge in [-0.25, -0.2) is 9.59 Å². The van der Waals surface area contributed by atoms with Crippen LogP contribution in [-0.4, -0.2) is 77.2 Å². The van der Waals surface area contributed by atoms with Gasteiger partial charge in [-0.1, -0.05) is 75.2 Å². The van der Waals surface area contributed by atoms with Crippen LogP contribution < -0.4 is 5.32 Å². The van der Waals surface area contributed by atoms with Crippen LogP contribution in [0.2, 0.25) is 0 Å². The predicted octanol–water partition coefficient (Wildman–Crippen LogP) is 4.71. The van der Waals surface area contributed by atoms with Crippen LogP contribution in [0.15, 0.2) is 48.5 Å². The van der Waals surface area contributed by atoms with Crippen molar-refractivity contribution in [1.82, 2.24) is 15.3 Å². The average Bonchev–Trinajstić information content (AvgIpc) is 3.46. The SMILES string of the molecule is CN(CCNC(=O)CCSSC(C)(C)COC(=O)ON1C(=O)CCC1=O)C(=O)OC1c2ccccc2-c2ccccc21. The van der Waals surface area contributed by atoms with Crippen molar-refractivity contribution in [1.29, 1.82) is 0 Å². The maximum atomic E-state index is 12.8. The summed E-state index contributed by atoms with van der Waals surface area (Å²) in [5.74, 6) is -0.791. The average molecular weight is 616 g/mol. The third-order valence-corrected chi connectivity index (χ3v) is 9.75. The Labute approximate surface area is 251 Å². The third-order valence-electron chi connectivity index (χ3n) is 6.48. The molecule has 4 amide bonds. The van der Waals surface area contributed by atoms with Crippen LogP contribution in [0.3, 0.4) is 0 Å². The number of nitrogens with one attached hydrogen (secondary N) is 1. The molecule has 13 heteroatoms. The lowest BCUT2D eigenvalue weighted by atomic mass is 10.1. The Hall–Kier alpha value is -3.71. The quantitative estimate of drug-likeness (QED) is 0.155. The molecule has 0 spiro atoms. The van der Waals surface area contributed by atoms with Crippen LogP contribution in [0.1, 0.15) is 50.3 Å². The van der Waals surface area contributed by atoms with Crippen molar-refractivity contribution in [2.75, 3.05) is 32.5 Å². The maximum absolute atomic E-state index is 12.8. The summed E-state index contributed by atoms with van der Waals surface area (Å²) in [4.78, 5) is 66.1. The molecule has 1 aliphatic carbocycles. The van der Waals surface area contributed by atoms with E-state index in [4.69, 9.17) is 14.3 Å². The zero-order valence-corrected chi connectivity index (χ0v) is 25.3. The Kier molecular flexibility index (Phi) is 10.4. The third kappa shape index (κ3) is 7.97. The number of likely N-dealkylation sites (N-methyl/N-ethyl adjacent to an activating group) is 1. The maximum Gasteiger partial charge on any atom is 0.534 e. The summed E-state index contributed by atoms with van der Waals surface area (Å²) in [6.07, 6.45) is -1.80. The Balaban J connectivity index is 1.10. The van der Waals surface area contributed by atoms with Gasteiger partial charge in [-0.2, -0.15) is 0 Å². The fourth-order valence-corrected chi connectivity index (χ4v) is 6.70. The van der Waals surface area contributed by atoms with E-state index in [1.807, 2.05) is 62.4 Å². The van der Waals surface area contributed by atoms with Gasteiger partial charge in [0.1, 0.15) is 6.61 Å². The molecule has 1 aliphatic heterocycles. The van der Waals surface area contributed by atoms with Gasteiger partial charge < -0.3 is 19.7 Å². The van der Waals surface area contributed by atoms with Crippen LogP contribution in [-0.2, 0) is 28.7 Å². The van der Waals surface area contributed by atoms with E-state index in [2.05, 4.69) is 5.32 Å². The van der Waals surface area contributed by atoms with Gasteiger partial charge in [-0.3, -0.25) is 19.2 Å². The molecular formula is C29H33N3O8S2. The Bertz CT molecular complexity index is 1290. The molecule has 11 nitrogen and oxygen atoms in total. The second-order valence-electron chi connectivity index (χ2n) is 10.3. The van der Waals surface area contributed by atoms with Crippen molar-refractivity contribution in [2.24, 2.45) is 0 Å². The number of amides is 4. The Morgan fingerprint density at radius 3 is 2.21 bits per heavy atom. The predicted molar refractivity (Wildman–Crippen MR) is 158 cm³/mol. The number of carbonyl (C=O) groups is 5. The highest BCUT2D eigenvalue weighted by Crippen LogP contribution is 2.45. The van der Waals surface area contributed by atoms with Crippen molar-refractivity contribution in [3.63, 3.8) is 0 Å². The lowest BCUT2D eigenvalue weighted by Crippen LogP contribution is -2.37. The zero-order chi connectivity index (χ0) is 30.3. The van der Waals surface area contributed by atoms with Crippen molar-refractivity contribution >= 4 is 51.6 Å². The molecule has 224 valence electrons. The molecule has 42 heavy (non-hydrogen) atoms. The zero-order valence-electron chi connectivity index (χ0n) is 23.6. The molecule has 2 aromatic rings. The molecule has 0 unspecified atom stereocenters. The summed E-state index contributed by atoms with van der Waals surface area (Å²) >= 11 is 0. The van der Waals surface area contributed by atoms with Gasteiger partial charge in [0.25, 0.3) is 11.8 Å². The van der Waals surface area contributed by atoms with Crippen molar-refractivity contribution in [3.05, 3.63) is 59.7 Å². The monoisotopic (exact) mass is 615 g/mol. The molecule has 0 atom stereocenters. The van der Waals surface area contributed by atoms with Gasteiger partial charge in [0.15, 0.2) is 6.10 Å². The summed E-state index contributed by atoms with van der Waals surface area (Å²) in [5, 5.41) is 3.25. The lowest BCUT2D eigenvalue weighted by molar-refractivity contribution is -0.177. The molecule has 1 fully saturated rings. The van der Waals surface area contributed by atoms with E-state index in [9.17, 15) is 24.0 Å². The first kappa shape index (κ1) is 31.2. The largest absolute Gasteiger partial charge is 0.534 e. The van der Waals surface area contributed by atoms with Crippen molar-refractivity contribution in [2.45, 2.75) is 44.0 Å². The standard InChI is InChI=1S/C29H33N3O8S2/c1-29(2,18-38-28(37)40-32-24(34)12-13-25(32)35)42-41-17-14-23(33)30-15-16-31(3)27(36)39-26-21-10-6-4-8-19(21)20-9-5-7-11-22(20)26/h4-11,26H,12-18H2,1-3H3,(H,30,33). The van der Waals surface area contributed by atoms with Crippen LogP contribution in [0.25, 0.3) is 11.1 Å². The van der Waals surface area contributed by atoms with Gasteiger partial charge in [-0.05, 0) is 25.0 Å². The first-order valence-corrected chi connectivity index (χ1v) is 15.8. The number of carbonyl (C=O) groups excluding carboxylic acids is 5. The second-order valence-corrected chi connectivity index (χ2v) is 13.5. The molecule has 1 N–H and O–H groups in total. The van der Waals surface area contributed by atoms with E-state index < -0.39 is 34.9 Å². The molecule has 4 rings (SSSR count). The van der Waals surface area contributed by atoms with Gasteiger partial charge in [0.2, 0.25) is 5.91 Å². The molecule has 0 bridgehead atoms. The smallest absolute Gasteiger partial charge is 0.436 e. The summed E-state index contributed by atoms with van der Waals surface area (Å²) in [7, 11) is 4.51. The van der Waals surface area contributed by atoms with Gasteiger partial charge in [0.05, 0.1) is 4.75 Å². The van der Waals surface area contributed by atoms with E-state index in [0.717, 1.165) is 22.3 Å². The van der Waals surface area contributed by atoms with Gasteiger partial charge in [-0.15, -0.1) is 0 Å². The number of hydroxylamine groups is 2. The molecule has 0 saturated carbocycles. The highest BCUT2D eigenvalue weighted by Gasteiger charge is 2.34. The molecule has 2 aliphatic rings. The summed E-state index contributed by atoms with van der Waals surface area (Å²) in [5.41, 5.74) is 4.02. The summed E-state index contributed by atoms with van der Waals surface area (Å²) in [6.45, 7) is 4.25. The highest BCUT2D eigenvalue weighted by molar-refractivity contribution is 8.77. The summed E-state index contributed by atoms with van der Waals surface area (Å²) < 4.78 is 10.4. The minimum atomic E-state index is -1.12. The van der Waals surface area contributed by atoms with E-state index in [1.54, 1.807) is 7.05 Å². The number of hydrogen-bond acceptors (Lipinski definition) is 10. The van der Waals surface area contributed by atoms with Crippen molar-refractivity contribution < 1.29 is 38.3 Å². The molecule has 0 radical (unpaired) electrons. The minimum Gasteiger partial charge on any atom is -0.436 e. The fraction of sp³-hybridized carbons (Fsp3) is 0.414. The van der Waals surface area contributed by atoms with Gasteiger partial charge in [0, 0.05) is 56.3 Å². The van der Waals surface area contributed by atoms with Gasteiger partial charge >= 0.3 is 12.2 Å². The molecule has 1 saturated heterocycles. The van der Waals surface area contributed by atoms with Crippen LogP contribution in [0, 0.1) is 0 Å². The van der Waals surface area contributed by atoms with Crippen molar-refractivity contribution in [3.8, 4) is 11.1 Å². The van der Waals surface area contributed by atoms with E-state index in [-0.39, 0.29) is 44.9 Å². The van der Waals surface area contributed by atoms with Crippen LogP contribution >= 0.6 is 21.6 Å². The van der Waals surface area contributed by atoms with E-state index in [1.165, 1.54) is 26.5 Å². The lowest BCUT2D eigenvalue weighted by Gasteiger charge is -2.23. The topological polar surface area (TPSA) is 132 Å². The first-order valence-electron chi connectivity index (χ1n) is 13.4. The van der Waals surface area contributed by atoms with Crippen LogP contribution in [0.4, 0.5) is 9.59 Å². The number of hydrogen-bond donors (Lipinski definition) is 1. The van der Waals surface area contributed by atoms with Crippen LogP contribution in [0.5, 0.6) is 0 Å². The molecular weight excluding hydrogens is 582 g/mol. The number of nitrogens with zero attached hydrogens (tertiary/aromatic N) is 2. The number of benzene rings is 2. The van der Waals surface area contributed by atoms with E-state index >= 15 is 0 Å². The number of rotatable bonds is 12.